The van der Waals surface area contributed by atoms with Crippen LogP contribution in [-0.4, -0.2) is 4.98 Å². The molecule has 0 saturated heterocycles. The predicted molar refractivity (Wildman–Crippen MR) is 81.2 cm³/mol. The van der Waals surface area contributed by atoms with Crippen LogP contribution >= 0.6 is 11.3 Å². The van der Waals surface area contributed by atoms with Crippen molar-refractivity contribution in [1.82, 2.24) is 10.3 Å². The number of nitrogens with two attached hydrogens (primary N) is 1. The Balaban J connectivity index is 1.96. The van der Waals surface area contributed by atoms with Gasteiger partial charge in [0.25, 0.3) is 0 Å². The number of benzene rings is 1. The van der Waals surface area contributed by atoms with Crippen LogP contribution in [0.3, 0.4) is 0 Å². The average Bonchev–Trinajstić information content (AvgIpc) is 2.75. The number of rotatable bonds is 5. The lowest BCUT2D eigenvalue weighted by Crippen LogP contribution is -2.17. The second-order valence-electron chi connectivity index (χ2n) is 4.81. The van der Waals surface area contributed by atoms with Crippen molar-refractivity contribution >= 4 is 11.3 Å². The highest BCUT2D eigenvalue weighted by Crippen LogP contribution is 2.24. The maximum atomic E-state index is 5.60. The molecule has 3 N–H and O–H groups in total. The summed E-state index contributed by atoms with van der Waals surface area (Å²) in [6.45, 7) is 7.78. The number of hydrogen-bond acceptors (Lipinski definition) is 4. The van der Waals surface area contributed by atoms with Gasteiger partial charge in [0.15, 0.2) is 0 Å². The van der Waals surface area contributed by atoms with Crippen LogP contribution < -0.4 is 11.1 Å². The monoisotopic (exact) mass is 275 g/mol. The molecule has 102 valence electrons. The summed E-state index contributed by atoms with van der Waals surface area (Å²) < 4.78 is 0. The van der Waals surface area contributed by atoms with E-state index in [0.717, 1.165) is 17.2 Å². The molecule has 4 heteroatoms. The molecule has 2 aromatic rings. The Morgan fingerprint density at radius 3 is 2.37 bits per heavy atom. The first-order valence-corrected chi connectivity index (χ1v) is 7.37. The van der Waals surface area contributed by atoms with Gasteiger partial charge in [-0.25, -0.2) is 4.98 Å². The van der Waals surface area contributed by atoms with Gasteiger partial charge in [0.05, 0.1) is 10.7 Å². The van der Waals surface area contributed by atoms with Crippen LogP contribution in [0.1, 0.15) is 39.7 Å². The van der Waals surface area contributed by atoms with Crippen LogP contribution in [0.15, 0.2) is 24.3 Å². The standard InChI is InChI=1S/C15H21N3S/c1-10(15-11(2)18-12(3)19-15)17-9-14-6-4-13(8-16)5-7-14/h4-7,10,17H,8-9,16H2,1-3H3. The molecule has 0 saturated carbocycles. The van der Waals surface area contributed by atoms with E-state index in [0.29, 0.717) is 12.6 Å². The number of nitrogens with zero attached hydrogens (tertiary/aromatic N) is 1. The first kappa shape index (κ1) is 14.2. The summed E-state index contributed by atoms with van der Waals surface area (Å²) in [6.07, 6.45) is 0. The fourth-order valence-electron chi connectivity index (χ4n) is 2.11. The van der Waals surface area contributed by atoms with Crippen molar-refractivity contribution < 1.29 is 0 Å². The third-order valence-corrected chi connectivity index (χ3v) is 4.46. The zero-order valence-electron chi connectivity index (χ0n) is 11.7. The summed E-state index contributed by atoms with van der Waals surface area (Å²) in [4.78, 5) is 5.80. The zero-order valence-corrected chi connectivity index (χ0v) is 12.6. The highest BCUT2D eigenvalue weighted by molar-refractivity contribution is 7.11. The number of nitrogens with one attached hydrogen (secondary N) is 1. The van der Waals surface area contributed by atoms with Gasteiger partial charge in [-0.3, -0.25) is 0 Å². The minimum atomic E-state index is 0.334. The molecular weight excluding hydrogens is 254 g/mol. The second-order valence-corrected chi connectivity index (χ2v) is 6.04. The predicted octanol–water partition coefficient (Wildman–Crippen LogP) is 3.07. The number of thiazole rings is 1. The molecule has 2 rings (SSSR count). The lowest BCUT2D eigenvalue weighted by atomic mass is 10.1. The van der Waals surface area contributed by atoms with E-state index in [2.05, 4.69) is 55.3 Å². The lowest BCUT2D eigenvalue weighted by Gasteiger charge is -2.13. The minimum Gasteiger partial charge on any atom is -0.326 e. The molecule has 19 heavy (non-hydrogen) atoms. The molecule has 1 aromatic heterocycles. The van der Waals surface area contributed by atoms with Crippen molar-refractivity contribution in [3.63, 3.8) is 0 Å². The highest BCUT2D eigenvalue weighted by Gasteiger charge is 2.12. The van der Waals surface area contributed by atoms with Crippen LogP contribution in [0.25, 0.3) is 0 Å². The van der Waals surface area contributed by atoms with Gasteiger partial charge in [0.1, 0.15) is 0 Å². The van der Waals surface area contributed by atoms with E-state index in [-0.39, 0.29) is 0 Å². The van der Waals surface area contributed by atoms with Crippen LogP contribution in [-0.2, 0) is 13.1 Å². The zero-order chi connectivity index (χ0) is 13.8. The summed E-state index contributed by atoms with van der Waals surface area (Å²) in [5.41, 5.74) is 9.19. The Hall–Kier alpha value is -1.23. The summed E-state index contributed by atoms with van der Waals surface area (Å²) in [6, 6.07) is 8.77. The van der Waals surface area contributed by atoms with Gasteiger partial charge in [-0.2, -0.15) is 0 Å². The second kappa shape index (κ2) is 6.28. The van der Waals surface area contributed by atoms with Gasteiger partial charge in [-0.1, -0.05) is 24.3 Å². The molecule has 3 nitrogen and oxygen atoms in total. The molecule has 1 aromatic carbocycles. The maximum Gasteiger partial charge on any atom is 0.0900 e. The van der Waals surface area contributed by atoms with Crippen molar-refractivity contribution in [3.05, 3.63) is 51.0 Å². The average molecular weight is 275 g/mol. The summed E-state index contributed by atoms with van der Waals surface area (Å²) in [5, 5.41) is 4.68. The van der Waals surface area contributed by atoms with Crippen LogP contribution in [0, 0.1) is 13.8 Å². The van der Waals surface area contributed by atoms with E-state index < -0.39 is 0 Å². The molecule has 0 bridgehead atoms. The molecule has 1 unspecified atom stereocenters. The Labute approximate surface area is 118 Å². The molecule has 1 heterocycles. The summed E-state index contributed by atoms with van der Waals surface area (Å²) in [5.74, 6) is 0. The quantitative estimate of drug-likeness (QED) is 0.881. The number of aryl methyl sites for hydroxylation is 2. The van der Waals surface area contributed by atoms with Gasteiger partial charge in [-0.05, 0) is 31.9 Å². The van der Waals surface area contributed by atoms with Gasteiger partial charge in [0, 0.05) is 24.0 Å². The molecule has 0 radical (unpaired) electrons. The Kier molecular flexibility index (Phi) is 4.69. The molecular formula is C15H21N3S. The largest absolute Gasteiger partial charge is 0.326 e. The van der Waals surface area contributed by atoms with Crippen molar-refractivity contribution in [2.75, 3.05) is 0 Å². The third kappa shape index (κ3) is 3.62. The third-order valence-electron chi connectivity index (χ3n) is 3.20. The van der Waals surface area contributed by atoms with E-state index >= 15 is 0 Å². The lowest BCUT2D eigenvalue weighted by molar-refractivity contribution is 0.579. The van der Waals surface area contributed by atoms with E-state index in [1.54, 1.807) is 11.3 Å². The number of aromatic nitrogens is 1. The van der Waals surface area contributed by atoms with Gasteiger partial charge < -0.3 is 11.1 Å². The smallest absolute Gasteiger partial charge is 0.0900 e. The molecule has 0 aliphatic carbocycles. The molecule has 1 atom stereocenters. The normalized spacial score (nSPS) is 12.6. The molecule has 0 fully saturated rings. The van der Waals surface area contributed by atoms with Gasteiger partial charge >= 0.3 is 0 Å². The number of hydrogen-bond donors (Lipinski definition) is 2. The fourth-order valence-corrected chi connectivity index (χ4v) is 3.06. The first-order chi connectivity index (χ1) is 9.10. The van der Waals surface area contributed by atoms with E-state index in [4.69, 9.17) is 5.73 Å². The molecule has 0 spiro atoms. The highest BCUT2D eigenvalue weighted by atomic mass is 32.1. The first-order valence-electron chi connectivity index (χ1n) is 6.55. The van der Waals surface area contributed by atoms with Crippen molar-refractivity contribution in [2.45, 2.75) is 39.9 Å². The summed E-state index contributed by atoms with van der Waals surface area (Å²) >= 11 is 1.77. The molecule has 0 aliphatic heterocycles. The fraction of sp³-hybridized carbons (Fsp3) is 0.400. The maximum absolute atomic E-state index is 5.60. The van der Waals surface area contributed by atoms with Crippen molar-refractivity contribution in [1.29, 1.82) is 0 Å². The Bertz CT molecular complexity index is 531. The molecule has 0 amide bonds. The van der Waals surface area contributed by atoms with E-state index in [1.807, 2.05) is 0 Å². The van der Waals surface area contributed by atoms with E-state index in [1.165, 1.54) is 16.0 Å². The Morgan fingerprint density at radius 2 is 1.84 bits per heavy atom. The van der Waals surface area contributed by atoms with Crippen LogP contribution in [0.5, 0.6) is 0 Å². The van der Waals surface area contributed by atoms with Gasteiger partial charge in [0.2, 0.25) is 0 Å². The van der Waals surface area contributed by atoms with Crippen LogP contribution in [0.2, 0.25) is 0 Å². The Morgan fingerprint density at radius 1 is 1.21 bits per heavy atom. The minimum absolute atomic E-state index is 0.334. The van der Waals surface area contributed by atoms with Crippen molar-refractivity contribution in [2.24, 2.45) is 5.73 Å². The molecule has 0 aliphatic rings. The topological polar surface area (TPSA) is 50.9 Å². The SMILES string of the molecule is Cc1nc(C)c(C(C)NCc2ccc(CN)cc2)s1. The summed E-state index contributed by atoms with van der Waals surface area (Å²) in [7, 11) is 0. The van der Waals surface area contributed by atoms with Crippen molar-refractivity contribution in [3.8, 4) is 0 Å². The van der Waals surface area contributed by atoms with Gasteiger partial charge in [-0.15, -0.1) is 11.3 Å². The van der Waals surface area contributed by atoms with Crippen LogP contribution in [0.4, 0.5) is 0 Å². The van der Waals surface area contributed by atoms with E-state index in [9.17, 15) is 0 Å².